The molecule has 1 fully saturated rings. The van der Waals surface area contributed by atoms with Gasteiger partial charge < -0.3 is 9.64 Å². The van der Waals surface area contributed by atoms with Crippen molar-refractivity contribution in [2.45, 2.75) is 25.2 Å². The Bertz CT molecular complexity index is 704. The first-order valence-corrected chi connectivity index (χ1v) is 10.5. The number of carbonyl (C=O) groups is 1. The van der Waals surface area contributed by atoms with Crippen molar-refractivity contribution in [2.75, 3.05) is 52.9 Å². The summed E-state index contributed by atoms with van der Waals surface area (Å²) in [5.41, 5.74) is 0. The van der Waals surface area contributed by atoms with Crippen molar-refractivity contribution in [3.8, 4) is 5.75 Å². The molecule has 0 unspecified atom stereocenters. The Morgan fingerprint density at radius 3 is 2.46 bits per heavy atom. The van der Waals surface area contributed by atoms with Gasteiger partial charge in [0.25, 0.3) is 0 Å². The van der Waals surface area contributed by atoms with Crippen molar-refractivity contribution in [2.24, 2.45) is 0 Å². The summed E-state index contributed by atoms with van der Waals surface area (Å²) in [7, 11) is -2.15. The van der Waals surface area contributed by atoms with Crippen LogP contribution in [0.3, 0.4) is 0 Å². The molecule has 1 aromatic carbocycles. The van der Waals surface area contributed by atoms with E-state index >= 15 is 0 Å². The average Bonchev–Trinajstić information content (AvgIpc) is 2.88. The van der Waals surface area contributed by atoms with Gasteiger partial charge in [-0.2, -0.15) is 4.31 Å². The fourth-order valence-electron chi connectivity index (χ4n) is 3.18. The lowest BCUT2D eigenvalue weighted by Crippen LogP contribution is -2.42. The van der Waals surface area contributed by atoms with E-state index in [1.165, 1.54) is 11.4 Å². The van der Waals surface area contributed by atoms with Crippen LogP contribution in [0.25, 0.3) is 0 Å². The largest absolute Gasteiger partial charge is 0.495 e. The lowest BCUT2D eigenvalue weighted by molar-refractivity contribution is -0.132. The third-order valence-electron chi connectivity index (χ3n) is 4.71. The summed E-state index contributed by atoms with van der Waals surface area (Å²) in [5.74, 6) is 0.446. The highest BCUT2D eigenvalue weighted by molar-refractivity contribution is 7.89. The number of likely N-dealkylation sites (N-methyl/N-ethyl adjacent to an activating group) is 1. The number of hydrogen-bond donors (Lipinski definition) is 0. The predicted octanol–water partition coefficient (Wildman–Crippen LogP) is 1.26. The van der Waals surface area contributed by atoms with E-state index in [0.717, 1.165) is 0 Å². The maximum atomic E-state index is 13.0. The molecule has 8 heteroatoms. The predicted molar refractivity (Wildman–Crippen MR) is 101 cm³/mol. The van der Waals surface area contributed by atoms with Crippen LogP contribution in [0, 0.1) is 0 Å². The number of rotatable bonds is 7. The Balaban J connectivity index is 2.07. The van der Waals surface area contributed by atoms with Crippen molar-refractivity contribution in [1.29, 1.82) is 0 Å². The number of benzene rings is 1. The van der Waals surface area contributed by atoms with Gasteiger partial charge in [-0.1, -0.05) is 12.1 Å². The fraction of sp³-hybridized carbons (Fsp3) is 0.611. The molecule has 1 amide bonds. The number of sulfonamides is 1. The molecule has 1 heterocycles. The zero-order valence-electron chi connectivity index (χ0n) is 15.8. The smallest absolute Gasteiger partial charge is 0.246 e. The molecular formula is C18H29N3O4S. The molecule has 0 aromatic heterocycles. The van der Waals surface area contributed by atoms with E-state index in [4.69, 9.17) is 4.74 Å². The first kappa shape index (κ1) is 20.7. The molecule has 26 heavy (non-hydrogen) atoms. The topological polar surface area (TPSA) is 70.2 Å². The molecule has 0 N–H and O–H groups in total. The van der Waals surface area contributed by atoms with Gasteiger partial charge in [0.05, 0.1) is 13.7 Å². The minimum Gasteiger partial charge on any atom is -0.495 e. The Labute approximate surface area is 156 Å². The lowest BCUT2D eigenvalue weighted by Gasteiger charge is -2.25. The second kappa shape index (κ2) is 9.34. The third kappa shape index (κ3) is 4.75. The number of nitrogens with zero attached hydrogens (tertiary/aromatic N) is 3. The van der Waals surface area contributed by atoms with Crippen molar-refractivity contribution >= 4 is 15.9 Å². The van der Waals surface area contributed by atoms with Crippen LogP contribution in [0.5, 0.6) is 5.75 Å². The summed E-state index contributed by atoms with van der Waals surface area (Å²) < 4.78 is 32.7. The van der Waals surface area contributed by atoms with Crippen LogP contribution in [0.1, 0.15) is 20.3 Å². The van der Waals surface area contributed by atoms with Gasteiger partial charge in [0, 0.05) is 32.7 Å². The van der Waals surface area contributed by atoms with E-state index in [9.17, 15) is 13.2 Å². The minimum absolute atomic E-state index is 0.0936. The van der Waals surface area contributed by atoms with Crippen molar-refractivity contribution in [3.05, 3.63) is 24.3 Å². The first-order valence-electron chi connectivity index (χ1n) is 9.07. The van der Waals surface area contributed by atoms with Crippen LogP contribution in [-0.4, -0.2) is 81.4 Å². The summed E-state index contributed by atoms with van der Waals surface area (Å²) in [6, 6.07) is 6.67. The lowest BCUT2D eigenvalue weighted by atomic mass is 10.3. The molecule has 7 nitrogen and oxygen atoms in total. The van der Waals surface area contributed by atoms with Crippen LogP contribution in [0.15, 0.2) is 29.2 Å². The van der Waals surface area contributed by atoms with E-state index in [-0.39, 0.29) is 10.8 Å². The zero-order valence-corrected chi connectivity index (χ0v) is 16.7. The Morgan fingerprint density at radius 2 is 1.81 bits per heavy atom. The van der Waals surface area contributed by atoms with E-state index < -0.39 is 10.0 Å². The molecule has 1 aromatic rings. The molecule has 0 bridgehead atoms. The first-order chi connectivity index (χ1) is 12.4. The van der Waals surface area contributed by atoms with Crippen molar-refractivity contribution in [3.63, 3.8) is 0 Å². The molecule has 1 saturated heterocycles. The van der Waals surface area contributed by atoms with E-state index in [1.807, 2.05) is 18.7 Å². The SMILES string of the molecule is CCN(CC)C(=O)CN1CCCN(S(=O)(=O)c2ccccc2OC)CC1. The van der Waals surface area contributed by atoms with Gasteiger partial charge in [-0.25, -0.2) is 8.42 Å². The normalized spacial score (nSPS) is 16.9. The molecule has 0 aliphatic carbocycles. The molecule has 0 spiro atoms. The summed E-state index contributed by atoms with van der Waals surface area (Å²) in [6.45, 7) is 7.71. The second-order valence-electron chi connectivity index (χ2n) is 6.25. The Hall–Kier alpha value is -1.64. The van der Waals surface area contributed by atoms with Gasteiger partial charge in [0.1, 0.15) is 10.6 Å². The number of carbonyl (C=O) groups excluding carboxylic acids is 1. The molecular weight excluding hydrogens is 354 g/mol. The molecule has 1 aliphatic rings. The standard InChI is InChI=1S/C18H29N3O4S/c1-4-20(5-2)18(22)15-19-11-8-12-21(14-13-19)26(23,24)17-10-7-6-9-16(17)25-3/h6-7,9-10H,4-5,8,11-15H2,1-3H3. The van der Waals surface area contributed by atoms with E-state index in [0.29, 0.717) is 58.0 Å². The zero-order chi connectivity index (χ0) is 19.2. The molecule has 0 saturated carbocycles. The fourth-order valence-corrected chi connectivity index (χ4v) is 4.81. The highest BCUT2D eigenvalue weighted by atomic mass is 32.2. The van der Waals surface area contributed by atoms with Gasteiger partial charge in [0.15, 0.2) is 0 Å². The third-order valence-corrected chi connectivity index (χ3v) is 6.65. The highest BCUT2D eigenvalue weighted by Crippen LogP contribution is 2.26. The molecule has 1 aliphatic heterocycles. The second-order valence-corrected chi connectivity index (χ2v) is 8.16. The maximum Gasteiger partial charge on any atom is 0.246 e. The summed E-state index contributed by atoms with van der Waals surface area (Å²) in [4.78, 5) is 16.3. The van der Waals surface area contributed by atoms with Crippen LogP contribution >= 0.6 is 0 Å². The van der Waals surface area contributed by atoms with Crippen LogP contribution in [0.2, 0.25) is 0 Å². The van der Waals surface area contributed by atoms with Crippen molar-refractivity contribution < 1.29 is 17.9 Å². The number of amides is 1. The average molecular weight is 384 g/mol. The van der Waals surface area contributed by atoms with Crippen molar-refractivity contribution in [1.82, 2.24) is 14.1 Å². The van der Waals surface area contributed by atoms with E-state index in [2.05, 4.69) is 0 Å². The van der Waals surface area contributed by atoms with Crippen LogP contribution in [0.4, 0.5) is 0 Å². The molecule has 146 valence electrons. The van der Waals surface area contributed by atoms with Gasteiger partial charge in [-0.15, -0.1) is 0 Å². The molecule has 2 rings (SSSR count). The van der Waals surface area contributed by atoms with Crippen LogP contribution < -0.4 is 4.74 Å². The minimum atomic E-state index is -3.62. The van der Waals surface area contributed by atoms with Gasteiger partial charge in [-0.3, -0.25) is 9.69 Å². The Kier molecular flexibility index (Phi) is 7.43. The van der Waals surface area contributed by atoms with Gasteiger partial charge >= 0.3 is 0 Å². The monoisotopic (exact) mass is 383 g/mol. The number of para-hydroxylation sites is 1. The van der Waals surface area contributed by atoms with Gasteiger partial charge in [-0.05, 0) is 38.9 Å². The number of hydrogen-bond acceptors (Lipinski definition) is 5. The molecule has 0 atom stereocenters. The van der Waals surface area contributed by atoms with Crippen LogP contribution in [-0.2, 0) is 14.8 Å². The summed E-state index contributed by atoms with van der Waals surface area (Å²) in [6.07, 6.45) is 0.694. The van der Waals surface area contributed by atoms with E-state index in [1.54, 1.807) is 29.2 Å². The summed E-state index contributed by atoms with van der Waals surface area (Å²) >= 11 is 0. The highest BCUT2D eigenvalue weighted by Gasteiger charge is 2.29. The summed E-state index contributed by atoms with van der Waals surface area (Å²) in [5, 5.41) is 0. The maximum absolute atomic E-state index is 13.0. The van der Waals surface area contributed by atoms with Gasteiger partial charge in [0.2, 0.25) is 15.9 Å². The number of methoxy groups -OCH3 is 1. The Morgan fingerprint density at radius 1 is 1.12 bits per heavy atom. The quantitative estimate of drug-likeness (QED) is 0.709. The molecule has 0 radical (unpaired) electrons. The number of ether oxygens (including phenoxy) is 1.